The minimum Gasteiger partial charge on any atom is -0.399 e. The van der Waals surface area contributed by atoms with E-state index in [1.54, 1.807) is 0 Å². The van der Waals surface area contributed by atoms with Crippen LogP contribution in [0.3, 0.4) is 0 Å². The molecule has 2 aromatic rings. The Morgan fingerprint density at radius 3 is 2.43 bits per heavy atom. The highest BCUT2D eigenvalue weighted by Gasteiger charge is 2.18. The summed E-state index contributed by atoms with van der Waals surface area (Å²) in [5.41, 5.74) is 10.9. The van der Waals surface area contributed by atoms with Gasteiger partial charge >= 0.3 is 0 Å². The minimum atomic E-state index is 0. The van der Waals surface area contributed by atoms with E-state index in [0.717, 1.165) is 44.0 Å². The van der Waals surface area contributed by atoms with Gasteiger partial charge in [-0.2, -0.15) is 0 Å². The van der Waals surface area contributed by atoms with Gasteiger partial charge in [-0.25, -0.2) is 0 Å². The molecule has 1 aliphatic heterocycles. The van der Waals surface area contributed by atoms with Crippen LogP contribution < -0.4 is 16.0 Å². The Kier molecular flexibility index (Phi) is 9.59. The van der Waals surface area contributed by atoms with Crippen LogP contribution in [0.25, 0.3) is 0 Å². The van der Waals surface area contributed by atoms with Gasteiger partial charge in [0.25, 0.3) is 0 Å². The largest absolute Gasteiger partial charge is 0.399 e. The average Bonchev–Trinajstić information content (AvgIpc) is 2.63. The highest BCUT2D eigenvalue weighted by atomic mass is 35.5. The monoisotopic (exact) mass is 424 g/mol. The molecule has 2 aromatic carbocycles. The van der Waals surface area contributed by atoms with E-state index in [0.29, 0.717) is 12.1 Å². The lowest BCUT2D eigenvalue weighted by Crippen LogP contribution is -2.47. The van der Waals surface area contributed by atoms with Crippen LogP contribution in [0.2, 0.25) is 0 Å². The van der Waals surface area contributed by atoms with E-state index in [-0.39, 0.29) is 30.7 Å². The standard InChI is InChI=1S/C21H28N4O.2ClH/c1-16-4-3-5-19(14-16)25-12-10-24(11-13-25)9-8-21(26)23-20-15-18(22)7-6-17(20)2;;/h3-7,14-15H,8-13,22H2,1-2H3,(H,23,26);2*1H. The predicted octanol–water partition coefficient (Wildman–Crippen LogP) is 3.88. The van der Waals surface area contributed by atoms with Crippen molar-refractivity contribution in [2.24, 2.45) is 0 Å². The SMILES string of the molecule is Cc1cccc(N2CCN(CCC(=O)Nc3cc(N)ccc3C)CC2)c1.Cl.Cl. The number of hydrogen-bond donors (Lipinski definition) is 2. The molecule has 0 aliphatic carbocycles. The van der Waals surface area contributed by atoms with Crippen LogP contribution in [-0.2, 0) is 4.79 Å². The van der Waals surface area contributed by atoms with Crippen molar-refractivity contribution >= 4 is 47.8 Å². The maximum Gasteiger partial charge on any atom is 0.225 e. The van der Waals surface area contributed by atoms with Crippen molar-refractivity contribution in [2.45, 2.75) is 20.3 Å². The number of hydrogen-bond acceptors (Lipinski definition) is 4. The Bertz CT molecular complexity index is 777. The molecule has 0 saturated carbocycles. The molecule has 154 valence electrons. The molecule has 0 bridgehead atoms. The molecule has 0 unspecified atom stereocenters. The maximum atomic E-state index is 12.3. The summed E-state index contributed by atoms with van der Waals surface area (Å²) in [6.45, 7) is 8.85. The van der Waals surface area contributed by atoms with E-state index in [1.807, 2.05) is 25.1 Å². The Labute approximate surface area is 180 Å². The number of anilines is 3. The average molecular weight is 425 g/mol. The van der Waals surface area contributed by atoms with Gasteiger partial charge < -0.3 is 16.0 Å². The summed E-state index contributed by atoms with van der Waals surface area (Å²) in [5, 5.41) is 2.98. The molecule has 5 nitrogen and oxygen atoms in total. The van der Waals surface area contributed by atoms with Crippen molar-refractivity contribution < 1.29 is 4.79 Å². The number of nitrogen functional groups attached to an aromatic ring is 1. The van der Waals surface area contributed by atoms with Gasteiger partial charge in [0.1, 0.15) is 0 Å². The summed E-state index contributed by atoms with van der Waals surface area (Å²) in [7, 11) is 0. The van der Waals surface area contributed by atoms with E-state index in [4.69, 9.17) is 5.73 Å². The van der Waals surface area contributed by atoms with Crippen molar-refractivity contribution in [3.63, 3.8) is 0 Å². The van der Waals surface area contributed by atoms with Crippen molar-refractivity contribution in [2.75, 3.05) is 48.7 Å². The van der Waals surface area contributed by atoms with Crippen LogP contribution in [0.5, 0.6) is 0 Å². The molecule has 1 aliphatic rings. The molecule has 7 heteroatoms. The topological polar surface area (TPSA) is 61.6 Å². The van der Waals surface area contributed by atoms with E-state index in [1.165, 1.54) is 11.3 Å². The molecule has 3 N–H and O–H groups in total. The summed E-state index contributed by atoms with van der Waals surface area (Å²) in [4.78, 5) is 17.0. The van der Waals surface area contributed by atoms with E-state index in [2.05, 4.69) is 46.3 Å². The second-order valence-corrected chi connectivity index (χ2v) is 7.04. The fraction of sp³-hybridized carbons (Fsp3) is 0.381. The molecule has 1 amide bonds. The third-order valence-corrected chi connectivity index (χ3v) is 4.93. The fourth-order valence-corrected chi connectivity index (χ4v) is 3.30. The Morgan fingerprint density at radius 2 is 1.75 bits per heavy atom. The minimum absolute atomic E-state index is 0. The first-order valence-corrected chi connectivity index (χ1v) is 9.21. The van der Waals surface area contributed by atoms with Gasteiger partial charge in [0, 0.05) is 56.2 Å². The van der Waals surface area contributed by atoms with Crippen LogP contribution in [0, 0.1) is 13.8 Å². The smallest absolute Gasteiger partial charge is 0.225 e. The number of benzene rings is 2. The maximum absolute atomic E-state index is 12.3. The summed E-state index contributed by atoms with van der Waals surface area (Å²) in [6, 6.07) is 14.2. The lowest BCUT2D eigenvalue weighted by atomic mass is 10.1. The summed E-state index contributed by atoms with van der Waals surface area (Å²) in [6.07, 6.45) is 0.499. The van der Waals surface area contributed by atoms with E-state index >= 15 is 0 Å². The zero-order chi connectivity index (χ0) is 18.5. The normalized spacial score (nSPS) is 14.0. The molecule has 0 atom stereocenters. The third-order valence-electron chi connectivity index (χ3n) is 4.93. The molecular formula is C21H30Cl2N4O. The third kappa shape index (κ3) is 6.59. The lowest BCUT2D eigenvalue weighted by molar-refractivity contribution is -0.116. The number of rotatable bonds is 5. The number of nitrogens with one attached hydrogen (secondary N) is 1. The van der Waals surface area contributed by atoms with Crippen molar-refractivity contribution in [3.8, 4) is 0 Å². The lowest BCUT2D eigenvalue weighted by Gasteiger charge is -2.36. The van der Waals surface area contributed by atoms with Crippen molar-refractivity contribution in [1.29, 1.82) is 0 Å². The van der Waals surface area contributed by atoms with Gasteiger partial charge in [-0.1, -0.05) is 18.2 Å². The highest BCUT2D eigenvalue weighted by molar-refractivity contribution is 5.92. The van der Waals surface area contributed by atoms with Gasteiger partial charge in [-0.15, -0.1) is 24.8 Å². The van der Waals surface area contributed by atoms with Crippen molar-refractivity contribution in [1.82, 2.24) is 4.90 Å². The number of nitrogens with zero attached hydrogens (tertiary/aromatic N) is 2. The van der Waals surface area contributed by atoms with Crippen LogP contribution in [-0.4, -0.2) is 43.5 Å². The van der Waals surface area contributed by atoms with Gasteiger partial charge in [0.15, 0.2) is 0 Å². The summed E-state index contributed by atoms with van der Waals surface area (Å²) >= 11 is 0. The summed E-state index contributed by atoms with van der Waals surface area (Å²) < 4.78 is 0. The van der Waals surface area contributed by atoms with Crippen LogP contribution in [0.4, 0.5) is 17.1 Å². The first-order valence-electron chi connectivity index (χ1n) is 9.21. The second kappa shape index (κ2) is 11.1. The first-order chi connectivity index (χ1) is 12.5. The molecule has 1 saturated heterocycles. The molecule has 1 heterocycles. The van der Waals surface area contributed by atoms with Crippen LogP contribution >= 0.6 is 24.8 Å². The number of aryl methyl sites for hydroxylation is 2. The van der Waals surface area contributed by atoms with Gasteiger partial charge in [-0.05, 0) is 49.2 Å². The zero-order valence-corrected chi connectivity index (χ0v) is 18.1. The number of nitrogens with two attached hydrogens (primary N) is 1. The Balaban J connectivity index is 0.00000196. The van der Waals surface area contributed by atoms with Gasteiger partial charge in [0.05, 0.1) is 0 Å². The Morgan fingerprint density at radius 1 is 1.04 bits per heavy atom. The highest BCUT2D eigenvalue weighted by Crippen LogP contribution is 2.19. The molecule has 28 heavy (non-hydrogen) atoms. The number of carbonyl (C=O) groups excluding carboxylic acids is 1. The van der Waals surface area contributed by atoms with E-state index < -0.39 is 0 Å². The van der Waals surface area contributed by atoms with E-state index in [9.17, 15) is 4.79 Å². The quantitative estimate of drug-likeness (QED) is 0.714. The van der Waals surface area contributed by atoms with Gasteiger partial charge in [0.2, 0.25) is 5.91 Å². The molecule has 3 rings (SSSR count). The molecule has 0 radical (unpaired) electrons. The zero-order valence-electron chi connectivity index (χ0n) is 16.5. The van der Waals surface area contributed by atoms with Crippen LogP contribution in [0.1, 0.15) is 17.5 Å². The second-order valence-electron chi connectivity index (χ2n) is 7.04. The molecule has 0 spiro atoms. The van der Waals surface area contributed by atoms with Crippen LogP contribution in [0.15, 0.2) is 42.5 Å². The molecule has 1 fully saturated rings. The van der Waals surface area contributed by atoms with Gasteiger partial charge in [-0.3, -0.25) is 9.69 Å². The number of piperazine rings is 1. The molecular weight excluding hydrogens is 395 g/mol. The predicted molar refractivity (Wildman–Crippen MR) is 123 cm³/mol. The van der Waals surface area contributed by atoms with Crippen molar-refractivity contribution in [3.05, 3.63) is 53.6 Å². The fourth-order valence-electron chi connectivity index (χ4n) is 3.30. The number of carbonyl (C=O) groups is 1. The Hall–Kier alpha value is -1.95. The number of amides is 1. The first kappa shape index (κ1) is 24.1. The summed E-state index contributed by atoms with van der Waals surface area (Å²) in [5.74, 6) is 0.0415. The number of halogens is 2. The molecule has 0 aromatic heterocycles.